The molecule has 0 radical (unpaired) electrons. The molecular weight excluding hydrogens is 176 g/mol. The second kappa shape index (κ2) is 2.14. The van der Waals surface area contributed by atoms with E-state index in [1.54, 1.807) is 0 Å². The topological polar surface area (TPSA) is 79.8 Å². The smallest absolute Gasteiger partial charge is 0.317 e. The number of rotatable bonds is 0. The van der Waals surface area contributed by atoms with Crippen molar-refractivity contribution in [1.29, 1.82) is 0 Å². The molecule has 1 unspecified atom stereocenters. The van der Waals surface area contributed by atoms with Gasteiger partial charge in [-0.15, -0.1) is 0 Å². The van der Waals surface area contributed by atoms with Gasteiger partial charge >= 0.3 is 6.03 Å². The second-order valence-electron chi connectivity index (χ2n) is 3.67. The summed E-state index contributed by atoms with van der Waals surface area (Å²) >= 11 is 0. The van der Waals surface area contributed by atoms with Crippen molar-refractivity contribution in [3.63, 3.8) is 0 Å². The lowest BCUT2D eigenvalue weighted by Crippen LogP contribution is -2.71. The molecule has 4 bridgehead atoms. The Labute approximate surface area is 74.2 Å². The molecule has 6 heteroatoms. The van der Waals surface area contributed by atoms with E-state index in [2.05, 4.69) is 10.6 Å². The number of amides is 2. The molecular formula is C7H10N2O4. The van der Waals surface area contributed by atoms with Crippen LogP contribution in [0.2, 0.25) is 0 Å². The van der Waals surface area contributed by atoms with Crippen molar-refractivity contribution in [2.75, 3.05) is 6.61 Å². The van der Waals surface area contributed by atoms with Gasteiger partial charge in [0.05, 0.1) is 12.6 Å². The predicted molar refractivity (Wildman–Crippen MR) is 39.6 cm³/mol. The number of carbonyl (C=O) groups excluding carboxylic acids is 1. The number of urea groups is 1. The fourth-order valence-electron chi connectivity index (χ4n) is 2.10. The average Bonchev–Trinajstić information content (AvgIpc) is 2.46. The van der Waals surface area contributed by atoms with Crippen LogP contribution in [0.15, 0.2) is 0 Å². The third-order valence-corrected chi connectivity index (χ3v) is 2.73. The molecule has 0 spiro atoms. The van der Waals surface area contributed by atoms with Crippen LogP contribution < -0.4 is 10.6 Å². The van der Waals surface area contributed by atoms with E-state index in [-0.39, 0.29) is 18.2 Å². The summed E-state index contributed by atoms with van der Waals surface area (Å²) < 4.78 is 10.6. The van der Waals surface area contributed by atoms with Crippen LogP contribution in [0.3, 0.4) is 0 Å². The molecule has 0 aromatic carbocycles. The third-order valence-electron chi connectivity index (χ3n) is 2.73. The maximum Gasteiger partial charge on any atom is 0.317 e. The molecule has 72 valence electrons. The Hall–Kier alpha value is -0.850. The second-order valence-corrected chi connectivity index (χ2v) is 3.67. The summed E-state index contributed by atoms with van der Waals surface area (Å²) in [5.41, 5.74) is -1.35. The summed E-state index contributed by atoms with van der Waals surface area (Å²) in [7, 11) is 0. The third kappa shape index (κ3) is 0.903. The molecule has 0 aliphatic carbocycles. The summed E-state index contributed by atoms with van der Waals surface area (Å²) in [6.45, 7) is 0.430. The molecule has 3 saturated heterocycles. The summed E-state index contributed by atoms with van der Waals surface area (Å²) in [4.78, 5) is 11.1. The van der Waals surface area contributed by atoms with Crippen LogP contribution in [-0.2, 0) is 9.47 Å². The normalized spacial score (nSPS) is 52.7. The van der Waals surface area contributed by atoms with Crippen molar-refractivity contribution in [3.05, 3.63) is 0 Å². The maximum atomic E-state index is 11.1. The Morgan fingerprint density at radius 3 is 3.31 bits per heavy atom. The molecule has 0 aromatic heterocycles. The van der Waals surface area contributed by atoms with Crippen LogP contribution in [0.1, 0.15) is 6.42 Å². The van der Waals surface area contributed by atoms with Gasteiger partial charge in [-0.25, -0.2) is 4.79 Å². The minimum Gasteiger partial charge on any atom is -0.366 e. The van der Waals surface area contributed by atoms with Crippen LogP contribution in [0.4, 0.5) is 4.79 Å². The van der Waals surface area contributed by atoms with E-state index in [0.29, 0.717) is 13.0 Å². The Kier molecular flexibility index (Phi) is 1.24. The van der Waals surface area contributed by atoms with Crippen LogP contribution in [0, 0.1) is 0 Å². The SMILES string of the molecule is O=C1N[C@H]2C[C@@](O)(N1)[C@@H]1OCC2O1. The van der Waals surface area contributed by atoms with Gasteiger partial charge in [-0.2, -0.15) is 0 Å². The monoisotopic (exact) mass is 186 g/mol. The van der Waals surface area contributed by atoms with Crippen molar-refractivity contribution in [2.45, 2.75) is 30.6 Å². The zero-order valence-corrected chi connectivity index (χ0v) is 6.82. The van der Waals surface area contributed by atoms with E-state index in [0.717, 1.165) is 0 Å². The highest BCUT2D eigenvalue weighted by Crippen LogP contribution is 2.35. The van der Waals surface area contributed by atoms with Crippen LogP contribution >= 0.6 is 0 Å². The number of ether oxygens (including phenoxy) is 2. The fraction of sp³-hybridized carbons (Fsp3) is 0.857. The average molecular weight is 186 g/mol. The van der Waals surface area contributed by atoms with Gasteiger partial charge in [-0.3, -0.25) is 0 Å². The van der Waals surface area contributed by atoms with Crippen LogP contribution in [0.25, 0.3) is 0 Å². The number of nitrogens with one attached hydrogen (secondary N) is 2. The summed E-state index contributed by atoms with van der Waals surface area (Å²) in [6, 6.07) is -0.500. The van der Waals surface area contributed by atoms with E-state index < -0.39 is 12.0 Å². The van der Waals surface area contributed by atoms with Crippen LogP contribution in [-0.4, -0.2) is 41.9 Å². The van der Waals surface area contributed by atoms with Gasteiger partial charge in [0.15, 0.2) is 5.72 Å². The lowest BCUT2D eigenvalue weighted by molar-refractivity contribution is -0.231. The molecule has 3 heterocycles. The maximum absolute atomic E-state index is 11.1. The molecule has 0 aromatic rings. The first-order valence-electron chi connectivity index (χ1n) is 4.25. The van der Waals surface area contributed by atoms with Crippen molar-refractivity contribution >= 4 is 6.03 Å². The van der Waals surface area contributed by atoms with Gasteiger partial charge in [0.25, 0.3) is 0 Å². The molecule has 13 heavy (non-hydrogen) atoms. The zero-order chi connectivity index (χ0) is 9.05. The first-order valence-corrected chi connectivity index (χ1v) is 4.25. The molecule has 0 saturated carbocycles. The lowest BCUT2D eigenvalue weighted by Gasteiger charge is -2.44. The lowest BCUT2D eigenvalue weighted by atomic mass is 9.95. The van der Waals surface area contributed by atoms with E-state index >= 15 is 0 Å². The van der Waals surface area contributed by atoms with Crippen molar-refractivity contribution in [2.24, 2.45) is 0 Å². The Morgan fingerprint density at radius 1 is 1.62 bits per heavy atom. The molecule has 4 atom stereocenters. The van der Waals surface area contributed by atoms with Gasteiger partial charge in [-0.1, -0.05) is 0 Å². The van der Waals surface area contributed by atoms with Gasteiger partial charge in [0.1, 0.15) is 6.10 Å². The van der Waals surface area contributed by atoms with Gasteiger partial charge in [0.2, 0.25) is 6.29 Å². The summed E-state index contributed by atoms with van der Waals surface area (Å²) in [6.07, 6.45) is -0.384. The number of aliphatic hydroxyl groups is 1. The van der Waals surface area contributed by atoms with E-state index in [9.17, 15) is 9.90 Å². The van der Waals surface area contributed by atoms with Crippen molar-refractivity contribution in [1.82, 2.24) is 10.6 Å². The molecule has 3 fully saturated rings. The van der Waals surface area contributed by atoms with E-state index in [1.165, 1.54) is 0 Å². The molecule has 6 nitrogen and oxygen atoms in total. The molecule has 3 aliphatic heterocycles. The number of carbonyl (C=O) groups is 1. The summed E-state index contributed by atoms with van der Waals surface area (Å²) in [5, 5.41) is 15.0. The minimum atomic E-state index is -1.35. The highest BCUT2D eigenvalue weighted by atomic mass is 16.7. The fourth-order valence-corrected chi connectivity index (χ4v) is 2.10. The van der Waals surface area contributed by atoms with E-state index in [1.807, 2.05) is 0 Å². The van der Waals surface area contributed by atoms with Gasteiger partial charge < -0.3 is 25.2 Å². The van der Waals surface area contributed by atoms with E-state index in [4.69, 9.17) is 9.47 Å². The first-order chi connectivity index (χ1) is 6.17. The summed E-state index contributed by atoms with van der Waals surface area (Å²) in [5.74, 6) is 0. The molecule has 3 N–H and O–H groups in total. The molecule has 2 amide bonds. The Balaban J connectivity index is 1.97. The quantitative estimate of drug-likeness (QED) is 0.430. The minimum absolute atomic E-state index is 0.115. The zero-order valence-electron chi connectivity index (χ0n) is 6.82. The molecule has 3 aliphatic rings. The number of hydrogen-bond donors (Lipinski definition) is 3. The molecule has 3 rings (SSSR count). The van der Waals surface area contributed by atoms with Crippen molar-refractivity contribution < 1.29 is 19.4 Å². The highest BCUT2D eigenvalue weighted by Gasteiger charge is 2.56. The van der Waals surface area contributed by atoms with Crippen molar-refractivity contribution in [3.8, 4) is 0 Å². The largest absolute Gasteiger partial charge is 0.366 e. The van der Waals surface area contributed by atoms with Gasteiger partial charge in [0, 0.05) is 6.42 Å². The van der Waals surface area contributed by atoms with Crippen LogP contribution in [0.5, 0.6) is 0 Å². The number of hydrogen-bond acceptors (Lipinski definition) is 4. The first kappa shape index (κ1) is 7.54. The van der Waals surface area contributed by atoms with Gasteiger partial charge in [-0.05, 0) is 0 Å². The predicted octanol–water partition coefficient (Wildman–Crippen LogP) is -1.50. The highest BCUT2D eigenvalue weighted by molar-refractivity contribution is 5.76. The number of fused-ring (bicyclic) bond motifs is 6. The Morgan fingerprint density at radius 2 is 2.46 bits per heavy atom. The Bertz CT molecular complexity index is 271. The standard InChI is InChI=1S/C7H10N2O4/c10-6-8-3-1-7(11,9-6)5-12-2-4(3)13-5/h3-5,11H,1-2H2,(H2,8,9,10)/t3-,4?,5+,7-/m0/s1.